The standard InChI is InChI=1S/C19H17FN2O4/c1-12(19(25)26)21-18(24)16(11-13-7-9-15(20)10-8-13)22-17(23)14-5-3-2-4-6-14/h2-12H,1H3,(H,21,24)(H,22,23)(H,25,26)/b16-11-/t12-/m1/s1. The number of carboxylic acids is 1. The van der Waals surface area contributed by atoms with Gasteiger partial charge in [0.2, 0.25) is 0 Å². The number of carbonyl (C=O) groups is 3. The average molecular weight is 356 g/mol. The number of hydrogen-bond donors (Lipinski definition) is 3. The second kappa shape index (κ2) is 8.57. The molecule has 2 rings (SSSR count). The lowest BCUT2D eigenvalue weighted by Crippen LogP contribution is -2.42. The molecule has 2 aromatic rings. The van der Waals surface area contributed by atoms with Crippen molar-refractivity contribution >= 4 is 23.9 Å². The third-order valence-electron chi connectivity index (χ3n) is 3.43. The third-order valence-corrected chi connectivity index (χ3v) is 3.43. The molecule has 0 saturated carbocycles. The Morgan fingerprint density at radius 1 is 1.04 bits per heavy atom. The molecule has 6 nitrogen and oxygen atoms in total. The zero-order valence-corrected chi connectivity index (χ0v) is 13.9. The maximum absolute atomic E-state index is 13.0. The summed E-state index contributed by atoms with van der Waals surface area (Å²) in [5, 5.41) is 13.7. The van der Waals surface area contributed by atoms with E-state index < -0.39 is 29.6 Å². The average Bonchev–Trinajstić information content (AvgIpc) is 2.63. The second-order valence-corrected chi connectivity index (χ2v) is 5.46. The molecule has 3 N–H and O–H groups in total. The smallest absolute Gasteiger partial charge is 0.325 e. The number of carbonyl (C=O) groups excluding carboxylic acids is 2. The summed E-state index contributed by atoms with van der Waals surface area (Å²) in [7, 11) is 0. The van der Waals surface area contributed by atoms with Crippen molar-refractivity contribution in [2.45, 2.75) is 13.0 Å². The minimum atomic E-state index is -1.21. The van der Waals surface area contributed by atoms with E-state index in [1.165, 1.54) is 37.3 Å². The van der Waals surface area contributed by atoms with E-state index in [1.807, 2.05) is 0 Å². The number of amides is 2. The van der Waals surface area contributed by atoms with Gasteiger partial charge in [-0.15, -0.1) is 0 Å². The SMILES string of the molecule is C[C@@H](NC(=O)/C(=C/c1ccc(F)cc1)NC(=O)c1ccccc1)C(=O)O. The Bertz CT molecular complexity index is 832. The van der Waals surface area contributed by atoms with Crippen LogP contribution in [0.25, 0.3) is 6.08 Å². The van der Waals surface area contributed by atoms with E-state index >= 15 is 0 Å². The summed E-state index contributed by atoms with van der Waals surface area (Å²) >= 11 is 0. The lowest BCUT2D eigenvalue weighted by Gasteiger charge is -2.13. The first-order valence-electron chi connectivity index (χ1n) is 7.74. The Labute approximate surface area is 149 Å². The Morgan fingerprint density at radius 2 is 1.65 bits per heavy atom. The van der Waals surface area contributed by atoms with Gasteiger partial charge in [0.15, 0.2) is 0 Å². The molecule has 7 heteroatoms. The van der Waals surface area contributed by atoms with Crippen LogP contribution in [0.4, 0.5) is 4.39 Å². The Morgan fingerprint density at radius 3 is 2.23 bits per heavy atom. The fourth-order valence-corrected chi connectivity index (χ4v) is 2.00. The van der Waals surface area contributed by atoms with Crippen LogP contribution in [0.3, 0.4) is 0 Å². The number of rotatable bonds is 6. The van der Waals surface area contributed by atoms with Gasteiger partial charge in [-0.25, -0.2) is 4.39 Å². The van der Waals surface area contributed by atoms with Crippen LogP contribution in [0, 0.1) is 5.82 Å². The van der Waals surface area contributed by atoms with Crippen LogP contribution in [0.5, 0.6) is 0 Å². The van der Waals surface area contributed by atoms with E-state index in [-0.39, 0.29) is 5.70 Å². The summed E-state index contributed by atoms with van der Waals surface area (Å²) in [4.78, 5) is 35.6. The zero-order valence-electron chi connectivity index (χ0n) is 13.9. The molecule has 0 aliphatic carbocycles. The van der Waals surface area contributed by atoms with E-state index in [1.54, 1.807) is 30.3 Å². The topological polar surface area (TPSA) is 95.5 Å². The fraction of sp³-hybridized carbons (Fsp3) is 0.105. The summed E-state index contributed by atoms with van der Waals surface area (Å²) < 4.78 is 13.0. The van der Waals surface area contributed by atoms with Crippen molar-refractivity contribution in [1.82, 2.24) is 10.6 Å². The van der Waals surface area contributed by atoms with E-state index in [9.17, 15) is 18.8 Å². The highest BCUT2D eigenvalue weighted by Crippen LogP contribution is 2.09. The van der Waals surface area contributed by atoms with Gasteiger partial charge >= 0.3 is 5.97 Å². The number of halogens is 1. The predicted molar refractivity (Wildman–Crippen MR) is 93.5 cm³/mol. The normalized spacial score (nSPS) is 12.2. The van der Waals surface area contributed by atoms with Crippen molar-refractivity contribution in [1.29, 1.82) is 0 Å². The molecule has 26 heavy (non-hydrogen) atoms. The molecule has 0 spiro atoms. The summed E-state index contributed by atoms with van der Waals surface area (Å²) in [6.45, 7) is 1.30. The molecule has 2 amide bonds. The largest absolute Gasteiger partial charge is 0.480 e. The van der Waals surface area contributed by atoms with Crippen molar-refractivity contribution in [3.8, 4) is 0 Å². The summed E-state index contributed by atoms with van der Waals surface area (Å²) in [5.41, 5.74) is 0.642. The van der Waals surface area contributed by atoms with Crippen LogP contribution in [0.15, 0.2) is 60.3 Å². The molecule has 0 fully saturated rings. The number of nitrogens with one attached hydrogen (secondary N) is 2. The number of aliphatic carboxylic acids is 1. The van der Waals surface area contributed by atoms with Gasteiger partial charge in [0.05, 0.1) is 0 Å². The monoisotopic (exact) mass is 356 g/mol. The summed E-state index contributed by atoms with van der Waals surface area (Å²) in [6, 6.07) is 12.4. The Hall–Kier alpha value is -3.48. The van der Waals surface area contributed by atoms with Crippen LogP contribution < -0.4 is 10.6 Å². The van der Waals surface area contributed by atoms with E-state index in [2.05, 4.69) is 10.6 Å². The molecular weight excluding hydrogens is 339 g/mol. The Balaban J connectivity index is 2.28. The minimum absolute atomic E-state index is 0.154. The molecule has 0 heterocycles. The molecule has 0 saturated heterocycles. The van der Waals surface area contributed by atoms with Gasteiger partial charge in [0, 0.05) is 5.56 Å². The number of hydrogen-bond acceptors (Lipinski definition) is 3. The highest BCUT2D eigenvalue weighted by Gasteiger charge is 2.19. The maximum atomic E-state index is 13.0. The van der Waals surface area contributed by atoms with Crippen LogP contribution in [-0.4, -0.2) is 28.9 Å². The number of benzene rings is 2. The number of carboxylic acid groups (broad SMARTS) is 1. The maximum Gasteiger partial charge on any atom is 0.325 e. The van der Waals surface area contributed by atoms with Gasteiger partial charge in [0.1, 0.15) is 17.6 Å². The predicted octanol–water partition coefficient (Wildman–Crippen LogP) is 2.19. The molecule has 1 atom stereocenters. The Kier molecular flexibility index (Phi) is 6.21. The molecule has 0 radical (unpaired) electrons. The molecule has 134 valence electrons. The summed E-state index contributed by atoms with van der Waals surface area (Å²) in [6.07, 6.45) is 1.34. The van der Waals surface area contributed by atoms with Crippen molar-refractivity contribution in [2.24, 2.45) is 0 Å². The second-order valence-electron chi connectivity index (χ2n) is 5.46. The van der Waals surface area contributed by atoms with Gasteiger partial charge in [-0.3, -0.25) is 14.4 Å². The van der Waals surface area contributed by atoms with Crippen LogP contribution in [0.2, 0.25) is 0 Å². The van der Waals surface area contributed by atoms with Crippen LogP contribution in [0.1, 0.15) is 22.8 Å². The van der Waals surface area contributed by atoms with Crippen molar-refractivity contribution in [3.63, 3.8) is 0 Å². The fourth-order valence-electron chi connectivity index (χ4n) is 2.00. The highest BCUT2D eigenvalue weighted by molar-refractivity contribution is 6.06. The van der Waals surface area contributed by atoms with Crippen LogP contribution in [-0.2, 0) is 9.59 Å². The van der Waals surface area contributed by atoms with Gasteiger partial charge < -0.3 is 15.7 Å². The van der Waals surface area contributed by atoms with Gasteiger partial charge in [-0.05, 0) is 42.8 Å². The molecule has 0 bridgehead atoms. The van der Waals surface area contributed by atoms with E-state index in [0.29, 0.717) is 11.1 Å². The first kappa shape index (κ1) is 18.9. The third kappa shape index (κ3) is 5.27. The van der Waals surface area contributed by atoms with Crippen molar-refractivity contribution in [2.75, 3.05) is 0 Å². The van der Waals surface area contributed by atoms with E-state index in [0.717, 1.165) is 0 Å². The summed E-state index contributed by atoms with van der Waals surface area (Å²) in [5.74, 6) is -2.96. The first-order chi connectivity index (χ1) is 12.4. The van der Waals surface area contributed by atoms with E-state index in [4.69, 9.17) is 5.11 Å². The lowest BCUT2D eigenvalue weighted by molar-refractivity contribution is -0.140. The molecule has 2 aromatic carbocycles. The molecule has 0 aliphatic heterocycles. The van der Waals surface area contributed by atoms with Crippen molar-refractivity contribution in [3.05, 3.63) is 77.2 Å². The molecule has 0 aromatic heterocycles. The van der Waals surface area contributed by atoms with Crippen molar-refractivity contribution < 1.29 is 23.9 Å². The molecule has 0 aliphatic rings. The van der Waals surface area contributed by atoms with Gasteiger partial charge in [-0.1, -0.05) is 30.3 Å². The van der Waals surface area contributed by atoms with Crippen LogP contribution >= 0.6 is 0 Å². The zero-order chi connectivity index (χ0) is 19.1. The minimum Gasteiger partial charge on any atom is -0.480 e. The van der Waals surface area contributed by atoms with Gasteiger partial charge in [0.25, 0.3) is 11.8 Å². The van der Waals surface area contributed by atoms with Gasteiger partial charge in [-0.2, -0.15) is 0 Å². The molecular formula is C19H17FN2O4. The molecule has 0 unspecified atom stereocenters. The first-order valence-corrected chi connectivity index (χ1v) is 7.74. The lowest BCUT2D eigenvalue weighted by atomic mass is 10.1. The quantitative estimate of drug-likeness (QED) is 0.692. The highest BCUT2D eigenvalue weighted by atomic mass is 19.1.